The fraction of sp³-hybridized carbons (Fsp3) is 0.625. The van der Waals surface area contributed by atoms with E-state index in [9.17, 15) is 4.39 Å². The Labute approximate surface area is 129 Å². The Bertz CT molecular complexity index is 432. The van der Waals surface area contributed by atoms with E-state index in [1.54, 1.807) is 12.1 Å². The van der Waals surface area contributed by atoms with Gasteiger partial charge in [-0.1, -0.05) is 28.9 Å². The molecule has 2 rings (SSSR count). The van der Waals surface area contributed by atoms with Gasteiger partial charge in [-0.3, -0.25) is 0 Å². The lowest BCUT2D eigenvalue weighted by Crippen LogP contribution is -2.41. The topological polar surface area (TPSA) is 21.3 Å². The number of halogens is 2. The predicted molar refractivity (Wildman–Crippen MR) is 83.5 cm³/mol. The molecule has 1 saturated heterocycles. The second-order valence-corrected chi connectivity index (χ2v) is 6.56. The van der Waals surface area contributed by atoms with Crippen LogP contribution in [0.1, 0.15) is 31.7 Å². The van der Waals surface area contributed by atoms with Crippen molar-refractivity contribution in [2.45, 2.75) is 32.6 Å². The number of ether oxygens (including phenoxy) is 1. The Hall–Kier alpha value is -0.450. The Morgan fingerprint density at radius 1 is 1.35 bits per heavy atom. The second kappa shape index (κ2) is 7.53. The molecule has 4 heteroatoms. The van der Waals surface area contributed by atoms with E-state index >= 15 is 0 Å². The number of rotatable bonds is 6. The Balaban J connectivity index is 2.10. The fourth-order valence-electron chi connectivity index (χ4n) is 2.82. The van der Waals surface area contributed by atoms with Crippen LogP contribution in [0.15, 0.2) is 22.7 Å². The van der Waals surface area contributed by atoms with Gasteiger partial charge < -0.3 is 10.1 Å². The van der Waals surface area contributed by atoms with Crippen LogP contribution in [-0.4, -0.2) is 26.3 Å². The van der Waals surface area contributed by atoms with Crippen LogP contribution in [0.5, 0.6) is 0 Å². The van der Waals surface area contributed by atoms with Crippen molar-refractivity contribution in [1.82, 2.24) is 5.32 Å². The van der Waals surface area contributed by atoms with Gasteiger partial charge in [0.1, 0.15) is 5.82 Å². The molecule has 2 nitrogen and oxygen atoms in total. The number of hydrogen-bond acceptors (Lipinski definition) is 2. The van der Waals surface area contributed by atoms with Crippen molar-refractivity contribution in [3.63, 3.8) is 0 Å². The fourth-order valence-corrected chi connectivity index (χ4v) is 3.31. The highest BCUT2D eigenvalue weighted by Crippen LogP contribution is 2.36. The highest BCUT2D eigenvalue weighted by atomic mass is 79.9. The molecule has 1 aliphatic heterocycles. The molecule has 1 aromatic carbocycles. The molecule has 1 N–H and O–H groups in total. The monoisotopic (exact) mass is 343 g/mol. The highest BCUT2D eigenvalue weighted by molar-refractivity contribution is 9.10. The van der Waals surface area contributed by atoms with E-state index in [0.717, 1.165) is 56.5 Å². The third kappa shape index (κ3) is 4.27. The van der Waals surface area contributed by atoms with Crippen molar-refractivity contribution in [3.05, 3.63) is 34.1 Å². The van der Waals surface area contributed by atoms with Gasteiger partial charge in [-0.2, -0.15) is 0 Å². The lowest BCUT2D eigenvalue weighted by atomic mass is 9.75. The average molecular weight is 344 g/mol. The van der Waals surface area contributed by atoms with Crippen molar-refractivity contribution in [2.75, 3.05) is 26.3 Å². The van der Waals surface area contributed by atoms with E-state index in [1.165, 1.54) is 5.56 Å². The van der Waals surface area contributed by atoms with Gasteiger partial charge in [0.2, 0.25) is 0 Å². The molecule has 0 spiro atoms. The van der Waals surface area contributed by atoms with Gasteiger partial charge in [-0.25, -0.2) is 4.39 Å². The van der Waals surface area contributed by atoms with Gasteiger partial charge >= 0.3 is 0 Å². The maximum absolute atomic E-state index is 13.2. The first-order valence-electron chi connectivity index (χ1n) is 7.38. The van der Waals surface area contributed by atoms with Crippen LogP contribution < -0.4 is 5.32 Å². The van der Waals surface area contributed by atoms with Gasteiger partial charge in [0.15, 0.2) is 0 Å². The van der Waals surface area contributed by atoms with Crippen LogP contribution in [0.4, 0.5) is 4.39 Å². The molecule has 0 aliphatic carbocycles. The summed E-state index contributed by atoms with van der Waals surface area (Å²) in [5.41, 5.74) is 1.42. The number of hydrogen-bond donors (Lipinski definition) is 1. The molecule has 112 valence electrons. The maximum atomic E-state index is 13.2. The first kappa shape index (κ1) is 15.9. The van der Waals surface area contributed by atoms with Crippen molar-refractivity contribution in [1.29, 1.82) is 0 Å². The molecule has 20 heavy (non-hydrogen) atoms. The van der Waals surface area contributed by atoms with E-state index in [2.05, 4.69) is 28.2 Å². The lowest BCUT2D eigenvalue weighted by molar-refractivity contribution is 0.0149. The molecule has 0 aromatic heterocycles. The Kier molecular flexibility index (Phi) is 6.00. The maximum Gasteiger partial charge on any atom is 0.124 e. The van der Waals surface area contributed by atoms with Gasteiger partial charge in [-0.05, 0) is 55.3 Å². The van der Waals surface area contributed by atoms with E-state index in [4.69, 9.17) is 4.74 Å². The van der Waals surface area contributed by atoms with Crippen LogP contribution in [0.3, 0.4) is 0 Å². The van der Waals surface area contributed by atoms with Crippen molar-refractivity contribution in [3.8, 4) is 0 Å². The van der Waals surface area contributed by atoms with Gasteiger partial charge in [0, 0.05) is 24.2 Å². The molecule has 1 heterocycles. The van der Waals surface area contributed by atoms with Crippen LogP contribution in [-0.2, 0) is 11.2 Å². The van der Waals surface area contributed by atoms with Gasteiger partial charge in [0.05, 0.1) is 0 Å². The molecule has 0 amide bonds. The third-order valence-corrected chi connectivity index (χ3v) is 4.80. The van der Waals surface area contributed by atoms with Gasteiger partial charge in [0.25, 0.3) is 0 Å². The molecule has 1 aliphatic rings. The highest BCUT2D eigenvalue weighted by Gasteiger charge is 2.32. The summed E-state index contributed by atoms with van der Waals surface area (Å²) in [4.78, 5) is 0. The Morgan fingerprint density at radius 2 is 2.10 bits per heavy atom. The molecule has 0 saturated carbocycles. The van der Waals surface area contributed by atoms with Gasteiger partial charge in [-0.15, -0.1) is 0 Å². The standard InChI is InChI=1S/C16H23BrFNO/c1-2-7-19-12-16(5-8-20-9-6-16)11-13-3-4-14(18)10-15(13)17/h3-4,10,19H,2,5-9,11-12H2,1H3. The predicted octanol–water partition coefficient (Wildman–Crippen LogP) is 3.93. The van der Waals surface area contributed by atoms with E-state index in [-0.39, 0.29) is 11.2 Å². The third-order valence-electron chi connectivity index (χ3n) is 4.06. The minimum atomic E-state index is -0.189. The molecule has 0 bridgehead atoms. The summed E-state index contributed by atoms with van der Waals surface area (Å²) in [6.07, 6.45) is 4.24. The molecule has 0 unspecified atom stereocenters. The molecule has 0 atom stereocenters. The minimum Gasteiger partial charge on any atom is -0.381 e. The SMILES string of the molecule is CCCNCC1(Cc2ccc(F)cc2Br)CCOCC1. The summed E-state index contributed by atoms with van der Waals surface area (Å²) < 4.78 is 19.6. The van der Waals surface area contributed by atoms with Crippen LogP contribution >= 0.6 is 15.9 Å². The van der Waals surface area contributed by atoms with Crippen molar-refractivity contribution < 1.29 is 9.13 Å². The van der Waals surface area contributed by atoms with Crippen molar-refractivity contribution >= 4 is 15.9 Å². The molecule has 1 fully saturated rings. The molecular formula is C16H23BrFNO. The number of benzene rings is 1. The molecule has 0 radical (unpaired) electrons. The lowest BCUT2D eigenvalue weighted by Gasteiger charge is -2.38. The smallest absolute Gasteiger partial charge is 0.124 e. The number of nitrogens with one attached hydrogen (secondary N) is 1. The first-order valence-corrected chi connectivity index (χ1v) is 8.17. The average Bonchev–Trinajstić information content (AvgIpc) is 2.44. The van der Waals surface area contributed by atoms with E-state index in [1.807, 2.05) is 6.07 Å². The normalized spacial score (nSPS) is 18.1. The van der Waals surface area contributed by atoms with Crippen LogP contribution in [0, 0.1) is 11.2 Å². The zero-order valence-corrected chi connectivity index (χ0v) is 13.6. The van der Waals surface area contributed by atoms with E-state index in [0.29, 0.717) is 0 Å². The van der Waals surface area contributed by atoms with Crippen LogP contribution in [0.25, 0.3) is 0 Å². The second-order valence-electron chi connectivity index (χ2n) is 5.70. The summed E-state index contributed by atoms with van der Waals surface area (Å²) >= 11 is 3.49. The molecule has 1 aromatic rings. The summed E-state index contributed by atoms with van der Waals surface area (Å²) in [5, 5.41) is 3.55. The van der Waals surface area contributed by atoms with Crippen LogP contribution in [0.2, 0.25) is 0 Å². The zero-order chi connectivity index (χ0) is 14.4. The minimum absolute atomic E-state index is 0.189. The van der Waals surface area contributed by atoms with E-state index < -0.39 is 0 Å². The quantitative estimate of drug-likeness (QED) is 0.790. The summed E-state index contributed by atoms with van der Waals surface area (Å²) in [6.45, 7) is 5.89. The molecular weight excluding hydrogens is 321 g/mol. The summed E-state index contributed by atoms with van der Waals surface area (Å²) in [5.74, 6) is -0.189. The summed E-state index contributed by atoms with van der Waals surface area (Å²) in [6, 6.07) is 5.00. The summed E-state index contributed by atoms with van der Waals surface area (Å²) in [7, 11) is 0. The largest absolute Gasteiger partial charge is 0.381 e. The first-order chi connectivity index (χ1) is 9.65. The zero-order valence-electron chi connectivity index (χ0n) is 12.1. The van der Waals surface area contributed by atoms with Crippen molar-refractivity contribution in [2.24, 2.45) is 5.41 Å². The Morgan fingerprint density at radius 3 is 2.75 bits per heavy atom.